The Morgan fingerprint density at radius 2 is 1.14 bits per heavy atom. The number of benzene rings is 6. The Balaban J connectivity index is 1.15. The molecule has 7 aromatic rings. The van der Waals surface area contributed by atoms with Crippen LogP contribution in [0.3, 0.4) is 0 Å². The Kier molecular flexibility index (Phi) is 10.1. The molecule has 0 aliphatic carbocycles. The second-order valence-electron chi connectivity index (χ2n) is 13.8. The Morgan fingerprint density at radius 1 is 0.579 bits per heavy atom. The zero-order valence-electron chi connectivity index (χ0n) is 32.5. The van der Waals surface area contributed by atoms with Crippen molar-refractivity contribution in [2.75, 3.05) is 28.2 Å². The van der Waals surface area contributed by atoms with Crippen molar-refractivity contribution >= 4 is 81.3 Å². The largest absolute Gasteiger partial charge is 0.341 e. The van der Waals surface area contributed by atoms with Crippen LogP contribution in [0.2, 0.25) is 0 Å². The maximum Gasteiger partial charge on any atom is 0.264 e. The predicted octanol–water partition coefficient (Wildman–Crippen LogP) is 9.18. The van der Waals surface area contributed by atoms with Crippen LogP contribution in [0.25, 0.3) is 38.5 Å². The Bertz CT molecular complexity index is 3040. The van der Waals surface area contributed by atoms with E-state index in [4.69, 9.17) is 0 Å². The van der Waals surface area contributed by atoms with Crippen LogP contribution >= 0.6 is 0 Å². The van der Waals surface area contributed by atoms with Gasteiger partial charge >= 0.3 is 0 Å². The molecule has 0 unspecified atom stereocenters. The van der Waals surface area contributed by atoms with Crippen LogP contribution < -0.4 is 14.0 Å². The van der Waals surface area contributed by atoms with E-state index in [2.05, 4.69) is 47.3 Å². The van der Waals surface area contributed by atoms with Crippen LogP contribution in [0, 0.1) is 0 Å². The van der Waals surface area contributed by atoms with E-state index in [1.54, 1.807) is 12.1 Å². The average Bonchev–Trinajstić information content (AvgIpc) is 3.71. The Labute approximate surface area is 334 Å². The molecule has 2 heterocycles. The van der Waals surface area contributed by atoms with E-state index in [1.807, 2.05) is 129 Å². The highest BCUT2D eigenvalue weighted by Gasteiger charge is 2.34. The summed E-state index contributed by atoms with van der Waals surface area (Å²) in [6.07, 6.45) is 10.2. The van der Waals surface area contributed by atoms with Gasteiger partial charge in [0.05, 0.1) is 32.1 Å². The molecule has 1 aromatic heterocycles. The summed E-state index contributed by atoms with van der Waals surface area (Å²) in [6.45, 7) is 9.94. The lowest BCUT2D eigenvalue weighted by Crippen LogP contribution is -2.30. The summed E-state index contributed by atoms with van der Waals surface area (Å²) in [5.74, 6) is 0. The Hall–Kier alpha value is -5.97. The first kappa shape index (κ1) is 37.9. The van der Waals surface area contributed by atoms with Crippen LogP contribution in [0.5, 0.6) is 0 Å². The van der Waals surface area contributed by atoms with Gasteiger partial charge in [-0.25, -0.2) is 16.8 Å². The summed E-state index contributed by atoms with van der Waals surface area (Å²) in [4.78, 5) is 0.580. The number of nitrogens with zero attached hydrogens (tertiary/aromatic N) is 4. The first-order valence-corrected chi connectivity index (χ1v) is 22.3. The zero-order chi connectivity index (χ0) is 39.9. The molecule has 0 N–H and O–H groups in total. The maximum absolute atomic E-state index is 14.2. The smallest absolute Gasteiger partial charge is 0.264 e. The fourth-order valence-electron chi connectivity index (χ4n) is 8.41. The van der Waals surface area contributed by atoms with Crippen molar-refractivity contribution in [2.24, 2.45) is 0 Å². The highest BCUT2D eigenvalue weighted by atomic mass is 32.2. The number of anilines is 2. The minimum absolute atomic E-state index is 0.290. The van der Waals surface area contributed by atoms with Gasteiger partial charge in [0.15, 0.2) is 0 Å². The van der Waals surface area contributed by atoms with Crippen molar-refractivity contribution in [1.29, 1.82) is 0 Å². The molecule has 0 bridgehead atoms. The minimum atomic E-state index is -3.84. The molecule has 8 nitrogen and oxygen atoms in total. The molecular formula is C47H45N4O4S2+. The lowest BCUT2D eigenvalue weighted by atomic mass is 10.0. The number of aryl methyl sites for hydroxylation is 1. The van der Waals surface area contributed by atoms with Gasteiger partial charge in [0, 0.05) is 64.2 Å². The molecular weight excluding hydrogens is 749 g/mol. The van der Waals surface area contributed by atoms with Crippen LogP contribution in [0.15, 0.2) is 155 Å². The van der Waals surface area contributed by atoms with Gasteiger partial charge in [-0.1, -0.05) is 85.0 Å². The highest BCUT2D eigenvalue weighted by Crippen LogP contribution is 2.40. The van der Waals surface area contributed by atoms with E-state index in [9.17, 15) is 16.8 Å². The molecule has 0 radical (unpaired) electrons. The quantitative estimate of drug-likeness (QED) is 0.0862. The van der Waals surface area contributed by atoms with Gasteiger partial charge in [0.2, 0.25) is 11.4 Å². The number of para-hydroxylation sites is 2. The van der Waals surface area contributed by atoms with Gasteiger partial charge in [-0.15, -0.1) is 0 Å². The van der Waals surface area contributed by atoms with Crippen molar-refractivity contribution in [3.05, 3.63) is 157 Å². The molecule has 288 valence electrons. The molecule has 1 aliphatic rings. The molecule has 6 aromatic carbocycles. The van der Waals surface area contributed by atoms with Gasteiger partial charge in [-0.3, -0.25) is 8.61 Å². The SMILES string of the molecule is CCN(c1ccccc1)S(=O)(=O)c1ccc2c3c(cccc13)C(C=CC=CC=c1c3cccc4c(S(=O)(=O)N(CC)c5ccccc5)ccc(c43)n1CC)=[N+]2CC. The predicted molar refractivity (Wildman–Crippen MR) is 235 cm³/mol. The van der Waals surface area contributed by atoms with Crippen molar-refractivity contribution in [3.8, 4) is 0 Å². The third kappa shape index (κ3) is 6.24. The number of allylic oxidation sites excluding steroid dienone is 4. The molecule has 0 amide bonds. The third-order valence-electron chi connectivity index (χ3n) is 10.8. The van der Waals surface area contributed by atoms with Gasteiger partial charge < -0.3 is 4.57 Å². The van der Waals surface area contributed by atoms with Gasteiger partial charge in [0.25, 0.3) is 20.0 Å². The van der Waals surface area contributed by atoms with E-state index < -0.39 is 20.0 Å². The van der Waals surface area contributed by atoms with Crippen LogP contribution in [-0.4, -0.2) is 51.3 Å². The zero-order valence-corrected chi connectivity index (χ0v) is 34.1. The highest BCUT2D eigenvalue weighted by molar-refractivity contribution is 7.93. The number of hydrogen-bond acceptors (Lipinski definition) is 4. The molecule has 0 saturated carbocycles. The van der Waals surface area contributed by atoms with E-state index in [1.165, 1.54) is 8.61 Å². The number of aromatic nitrogens is 1. The maximum atomic E-state index is 14.2. The van der Waals surface area contributed by atoms with Crippen molar-refractivity contribution in [1.82, 2.24) is 4.57 Å². The van der Waals surface area contributed by atoms with Crippen LogP contribution in [0.1, 0.15) is 33.3 Å². The second kappa shape index (κ2) is 15.2. The Morgan fingerprint density at radius 3 is 1.72 bits per heavy atom. The summed E-state index contributed by atoms with van der Waals surface area (Å²) in [5.41, 5.74) is 5.23. The fraction of sp³-hybridized carbons (Fsp3) is 0.170. The minimum Gasteiger partial charge on any atom is -0.341 e. The first-order chi connectivity index (χ1) is 27.7. The molecule has 0 fully saturated rings. The lowest BCUT2D eigenvalue weighted by molar-refractivity contribution is -0.430. The lowest BCUT2D eigenvalue weighted by Gasteiger charge is -2.23. The topological polar surface area (TPSA) is 82.7 Å². The van der Waals surface area contributed by atoms with Crippen LogP contribution in [0.4, 0.5) is 17.1 Å². The molecule has 8 rings (SSSR count). The fourth-order valence-corrected chi connectivity index (χ4v) is 11.7. The number of hydrogen-bond donors (Lipinski definition) is 0. The summed E-state index contributed by atoms with van der Waals surface area (Å²) in [6, 6.07) is 37.6. The molecule has 0 spiro atoms. The first-order valence-electron chi connectivity index (χ1n) is 19.4. The summed E-state index contributed by atoms with van der Waals surface area (Å²) < 4.78 is 64.1. The molecule has 1 aliphatic heterocycles. The molecule has 57 heavy (non-hydrogen) atoms. The normalized spacial score (nSPS) is 13.7. The number of rotatable bonds is 13. The van der Waals surface area contributed by atoms with E-state index in [-0.39, 0.29) is 0 Å². The van der Waals surface area contributed by atoms with Gasteiger partial charge in [-0.2, -0.15) is 4.58 Å². The summed E-state index contributed by atoms with van der Waals surface area (Å²) >= 11 is 0. The van der Waals surface area contributed by atoms with Gasteiger partial charge in [0.1, 0.15) is 6.54 Å². The summed E-state index contributed by atoms with van der Waals surface area (Å²) in [5, 5.41) is 5.25. The standard InChI is InChI=1S/C47H45N4O4S2/c1-5-48-40(36-24-18-26-38-44(32-30-42(48)46(36)38)56(52,53)50(7-3)34-20-12-9-13-21-34)28-16-11-17-29-41-37-25-19-27-39-45(33-31-43(47(37)39)49(41)6-2)57(54,55)51(8-4)35-22-14-10-15-23-35/h9-33H,5-8H2,1-4H3/q+1. The van der Waals surface area contributed by atoms with E-state index in [0.717, 1.165) is 44.0 Å². The van der Waals surface area contributed by atoms with E-state index in [0.29, 0.717) is 58.1 Å². The number of sulfonamides is 2. The molecule has 0 saturated heterocycles. The van der Waals surface area contributed by atoms with E-state index >= 15 is 0 Å². The summed E-state index contributed by atoms with van der Waals surface area (Å²) in [7, 11) is -7.69. The second-order valence-corrected chi connectivity index (χ2v) is 17.5. The van der Waals surface area contributed by atoms with Crippen LogP contribution in [-0.2, 0) is 26.6 Å². The van der Waals surface area contributed by atoms with Crippen molar-refractivity contribution in [3.63, 3.8) is 0 Å². The third-order valence-corrected chi connectivity index (χ3v) is 14.8. The molecule has 10 heteroatoms. The molecule has 0 atom stereocenters. The van der Waals surface area contributed by atoms with Gasteiger partial charge in [-0.05, 0) is 82.3 Å². The van der Waals surface area contributed by atoms with Crippen molar-refractivity contribution < 1.29 is 21.4 Å². The van der Waals surface area contributed by atoms with Crippen molar-refractivity contribution in [2.45, 2.75) is 44.0 Å². The monoisotopic (exact) mass is 793 g/mol. The average molecular weight is 794 g/mol.